The Bertz CT molecular complexity index is 1470. The molecule has 1 heterocycles. The molecule has 1 saturated heterocycles. The number of imide groups is 2. The van der Waals surface area contributed by atoms with Crippen LogP contribution < -0.4 is 19.7 Å². The molecule has 0 aromatic heterocycles. The van der Waals surface area contributed by atoms with Crippen LogP contribution in [0.4, 0.5) is 10.5 Å². The molecular weight excluding hydrogens is 583 g/mol. The predicted octanol–water partition coefficient (Wildman–Crippen LogP) is 6.63. The zero-order chi connectivity index (χ0) is 26.9. The van der Waals surface area contributed by atoms with E-state index < -0.39 is 17.8 Å². The number of methoxy groups -OCH3 is 1. The third kappa shape index (κ3) is 5.66. The normalized spacial score (nSPS) is 14.7. The van der Waals surface area contributed by atoms with Gasteiger partial charge in [-0.1, -0.05) is 47.0 Å². The molecule has 1 aliphatic rings. The number of aryl methyl sites for hydroxylation is 2. The average molecular weight is 604 g/mol. The highest BCUT2D eigenvalue weighted by Crippen LogP contribution is 2.38. The first-order chi connectivity index (χ1) is 17.6. The van der Waals surface area contributed by atoms with E-state index in [-0.39, 0.29) is 12.2 Å². The van der Waals surface area contributed by atoms with Crippen LogP contribution in [0.15, 0.2) is 58.6 Å². The molecule has 3 aromatic rings. The number of hydrogen-bond donors (Lipinski definition) is 1. The van der Waals surface area contributed by atoms with Crippen molar-refractivity contribution in [2.75, 3.05) is 12.0 Å². The summed E-state index contributed by atoms with van der Waals surface area (Å²) >= 11 is 15.7. The number of anilines is 1. The minimum absolute atomic E-state index is 0.152. The van der Waals surface area contributed by atoms with E-state index in [1.807, 2.05) is 13.0 Å². The third-order valence-corrected chi connectivity index (χ3v) is 6.82. The van der Waals surface area contributed by atoms with Gasteiger partial charge in [0.2, 0.25) is 0 Å². The lowest BCUT2D eigenvalue weighted by Gasteiger charge is -2.27. The van der Waals surface area contributed by atoms with Crippen LogP contribution in [-0.4, -0.2) is 25.0 Å². The van der Waals surface area contributed by atoms with Gasteiger partial charge in [-0.2, -0.15) is 0 Å². The van der Waals surface area contributed by atoms with Crippen molar-refractivity contribution < 1.29 is 23.9 Å². The third-order valence-electron chi connectivity index (χ3n) is 5.64. The van der Waals surface area contributed by atoms with Gasteiger partial charge < -0.3 is 9.47 Å². The number of ether oxygens (including phenoxy) is 2. The molecule has 37 heavy (non-hydrogen) atoms. The number of carbonyl (C=O) groups excluding carboxylic acids is 3. The molecule has 0 atom stereocenters. The van der Waals surface area contributed by atoms with Crippen molar-refractivity contribution in [2.24, 2.45) is 0 Å². The van der Waals surface area contributed by atoms with Gasteiger partial charge in [0.1, 0.15) is 12.2 Å². The number of urea groups is 1. The second-order valence-corrected chi connectivity index (χ2v) is 10.0. The Labute approximate surface area is 232 Å². The lowest BCUT2D eigenvalue weighted by atomic mass is 10.0. The van der Waals surface area contributed by atoms with Crippen molar-refractivity contribution in [2.45, 2.75) is 20.5 Å². The summed E-state index contributed by atoms with van der Waals surface area (Å²) < 4.78 is 12.0. The molecule has 10 heteroatoms. The lowest BCUT2D eigenvalue weighted by Crippen LogP contribution is -2.54. The van der Waals surface area contributed by atoms with Crippen molar-refractivity contribution in [1.82, 2.24) is 5.32 Å². The summed E-state index contributed by atoms with van der Waals surface area (Å²) in [4.78, 5) is 39.4. The van der Waals surface area contributed by atoms with Gasteiger partial charge >= 0.3 is 6.03 Å². The van der Waals surface area contributed by atoms with E-state index >= 15 is 0 Å². The Morgan fingerprint density at radius 1 is 1.03 bits per heavy atom. The average Bonchev–Trinajstić information content (AvgIpc) is 2.83. The topological polar surface area (TPSA) is 84.9 Å². The first-order valence-corrected chi connectivity index (χ1v) is 12.6. The van der Waals surface area contributed by atoms with Crippen LogP contribution in [0.25, 0.3) is 6.08 Å². The molecule has 4 rings (SSSR count). The Balaban J connectivity index is 1.65. The van der Waals surface area contributed by atoms with E-state index in [0.29, 0.717) is 37.3 Å². The fourth-order valence-electron chi connectivity index (χ4n) is 3.85. The standard InChI is InChI=1S/C27H21BrCl2N2O5/c1-14-4-7-22(15(2)8-14)32-26(34)19(25(33)31-27(32)35)9-16-10-20(28)24(23(11-16)36-3)37-13-17-5-6-18(29)12-21(17)30/h4-12H,13H2,1-3H3,(H,31,33,35)/b19-9+. The second-order valence-electron chi connectivity index (χ2n) is 8.31. The van der Waals surface area contributed by atoms with Gasteiger partial charge in [-0.15, -0.1) is 0 Å². The predicted molar refractivity (Wildman–Crippen MR) is 146 cm³/mol. The molecule has 1 N–H and O–H groups in total. The molecular formula is C27H21BrCl2N2O5. The van der Waals surface area contributed by atoms with Crippen LogP contribution in [0.2, 0.25) is 10.0 Å². The number of halogens is 3. The largest absolute Gasteiger partial charge is 0.493 e. The van der Waals surface area contributed by atoms with Crippen molar-refractivity contribution in [3.8, 4) is 11.5 Å². The fraction of sp³-hybridized carbons (Fsp3) is 0.148. The number of barbiturate groups is 1. The number of hydrogen-bond acceptors (Lipinski definition) is 5. The van der Waals surface area contributed by atoms with Crippen LogP contribution in [0.1, 0.15) is 22.3 Å². The number of amides is 4. The molecule has 0 bridgehead atoms. The molecule has 1 aliphatic heterocycles. The Morgan fingerprint density at radius 2 is 1.78 bits per heavy atom. The number of nitrogens with zero attached hydrogens (tertiary/aromatic N) is 1. The van der Waals surface area contributed by atoms with Crippen LogP contribution in [0.3, 0.4) is 0 Å². The Kier molecular flexibility index (Phi) is 7.92. The minimum atomic E-state index is -0.803. The monoisotopic (exact) mass is 602 g/mol. The first kappa shape index (κ1) is 26.7. The molecule has 0 aliphatic carbocycles. The summed E-state index contributed by atoms with van der Waals surface area (Å²) in [6.07, 6.45) is 1.40. The summed E-state index contributed by atoms with van der Waals surface area (Å²) in [6.45, 7) is 3.85. The summed E-state index contributed by atoms with van der Waals surface area (Å²) in [6, 6.07) is 12.9. The molecule has 7 nitrogen and oxygen atoms in total. The highest BCUT2D eigenvalue weighted by atomic mass is 79.9. The quantitative estimate of drug-likeness (QED) is 0.253. The maximum Gasteiger partial charge on any atom is 0.335 e. The van der Waals surface area contributed by atoms with Gasteiger partial charge in [0.25, 0.3) is 11.8 Å². The lowest BCUT2D eigenvalue weighted by molar-refractivity contribution is -0.122. The van der Waals surface area contributed by atoms with E-state index in [9.17, 15) is 14.4 Å². The SMILES string of the molecule is COc1cc(/C=C2\C(=O)NC(=O)N(c3ccc(C)cc3C)C2=O)cc(Br)c1OCc1ccc(Cl)cc1Cl. The number of benzene rings is 3. The maximum absolute atomic E-state index is 13.3. The fourth-order valence-corrected chi connectivity index (χ4v) is 4.89. The van der Waals surface area contributed by atoms with Gasteiger partial charge in [-0.25, -0.2) is 9.69 Å². The summed E-state index contributed by atoms with van der Waals surface area (Å²) in [5.74, 6) is -0.753. The molecule has 190 valence electrons. The number of carbonyl (C=O) groups is 3. The van der Waals surface area contributed by atoms with Crippen molar-refractivity contribution in [3.05, 3.63) is 90.9 Å². The van der Waals surface area contributed by atoms with Gasteiger partial charge in [0, 0.05) is 15.6 Å². The highest BCUT2D eigenvalue weighted by molar-refractivity contribution is 9.10. The molecule has 0 radical (unpaired) electrons. The minimum Gasteiger partial charge on any atom is -0.493 e. The first-order valence-electron chi connectivity index (χ1n) is 11.0. The maximum atomic E-state index is 13.3. The highest BCUT2D eigenvalue weighted by Gasteiger charge is 2.37. The Morgan fingerprint density at radius 3 is 2.46 bits per heavy atom. The van der Waals surface area contributed by atoms with E-state index in [0.717, 1.165) is 21.6 Å². The smallest absolute Gasteiger partial charge is 0.335 e. The zero-order valence-electron chi connectivity index (χ0n) is 20.0. The van der Waals surface area contributed by atoms with Crippen LogP contribution in [0, 0.1) is 13.8 Å². The van der Waals surface area contributed by atoms with E-state index in [1.54, 1.807) is 49.4 Å². The zero-order valence-corrected chi connectivity index (χ0v) is 23.1. The molecule has 0 spiro atoms. The van der Waals surface area contributed by atoms with Gasteiger partial charge in [0.05, 0.1) is 17.3 Å². The molecule has 0 unspecified atom stereocenters. The molecule has 0 saturated carbocycles. The van der Waals surface area contributed by atoms with Crippen LogP contribution in [-0.2, 0) is 16.2 Å². The van der Waals surface area contributed by atoms with E-state index in [4.69, 9.17) is 32.7 Å². The van der Waals surface area contributed by atoms with Crippen molar-refractivity contribution in [3.63, 3.8) is 0 Å². The molecule has 4 amide bonds. The summed E-state index contributed by atoms with van der Waals surface area (Å²) in [5.41, 5.74) is 3.12. The summed E-state index contributed by atoms with van der Waals surface area (Å²) in [7, 11) is 1.47. The number of nitrogens with one attached hydrogen (secondary N) is 1. The second kappa shape index (κ2) is 11.0. The summed E-state index contributed by atoms with van der Waals surface area (Å²) in [5, 5.41) is 3.23. The van der Waals surface area contributed by atoms with Crippen LogP contribution >= 0.6 is 39.1 Å². The molecule has 3 aromatic carbocycles. The van der Waals surface area contributed by atoms with Crippen LogP contribution in [0.5, 0.6) is 11.5 Å². The molecule has 1 fully saturated rings. The van der Waals surface area contributed by atoms with Gasteiger partial charge in [-0.05, 0) is 77.3 Å². The Hall–Kier alpha value is -3.33. The van der Waals surface area contributed by atoms with Crippen molar-refractivity contribution in [1.29, 1.82) is 0 Å². The van der Waals surface area contributed by atoms with E-state index in [2.05, 4.69) is 21.2 Å². The van der Waals surface area contributed by atoms with E-state index in [1.165, 1.54) is 13.2 Å². The van der Waals surface area contributed by atoms with Gasteiger partial charge in [0.15, 0.2) is 11.5 Å². The van der Waals surface area contributed by atoms with Crippen molar-refractivity contribution >= 4 is 68.7 Å². The number of rotatable bonds is 6. The van der Waals surface area contributed by atoms with Gasteiger partial charge in [-0.3, -0.25) is 14.9 Å².